The Hall–Kier alpha value is -4.57. The fourth-order valence-corrected chi connectivity index (χ4v) is 5.39. The van der Waals surface area contributed by atoms with E-state index in [9.17, 15) is 27.6 Å². The number of nitriles is 1. The highest BCUT2D eigenvalue weighted by Crippen LogP contribution is 2.43. The third-order valence-electron chi connectivity index (χ3n) is 7.95. The molecule has 2 heterocycles. The maximum atomic E-state index is 16.1. The minimum absolute atomic E-state index is 0.00133. The van der Waals surface area contributed by atoms with Crippen LogP contribution >= 0.6 is 0 Å². The van der Waals surface area contributed by atoms with Crippen LogP contribution in [0.1, 0.15) is 67.7 Å². The SMILES string of the molecule is CC(C)(C#N)c1nnc(-c2cc3c(cc2F)C(C)(F)C[C@@H](N)C(=O)CC3Cc2ccc(-c3ncc(C(F)(F)F)cc3F)cc2)o1. The first-order valence-electron chi connectivity index (χ1n) is 13.9. The summed E-state index contributed by atoms with van der Waals surface area (Å²) in [6.07, 6.45) is -4.53. The number of fused-ring (bicyclic) bond motifs is 1. The van der Waals surface area contributed by atoms with Crippen molar-refractivity contribution in [3.8, 4) is 28.8 Å². The van der Waals surface area contributed by atoms with Gasteiger partial charge in [0.2, 0.25) is 5.89 Å². The number of pyridine rings is 1. The molecule has 2 unspecified atom stereocenters. The van der Waals surface area contributed by atoms with Crippen molar-refractivity contribution in [3.05, 3.63) is 88.4 Å². The van der Waals surface area contributed by atoms with Gasteiger partial charge < -0.3 is 10.2 Å². The largest absolute Gasteiger partial charge is 0.419 e. The van der Waals surface area contributed by atoms with Crippen LogP contribution in [-0.4, -0.2) is 27.0 Å². The van der Waals surface area contributed by atoms with Gasteiger partial charge in [0, 0.05) is 24.6 Å². The summed E-state index contributed by atoms with van der Waals surface area (Å²) in [6, 6.07) is 9.76. The number of halogens is 6. The number of benzene rings is 2. The van der Waals surface area contributed by atoms with Crippen LogP contribution in [0.5, 0.6) is 0 Å². The summed E-state index contributed by atoms with van der Waals surface area (Å²) < 4.78 is 90.6. The minimum Gasteiger partial charge on any atom is -0.419 e. The zero-order valence-electron chi connectivity index (χ0n) is 24.3. The Labute approximate surface area is 254 Å². The van der Waals surface area contributed by atoms with E-state index in [1.54, 1.807) is 26.0 Å². The van der Waals surface area contributed by atoms with Crippen LogP contribution in [0.2, 0.25) is 0 Å². The molecule has 13 heteroatoms. The Morgan fingerprint density at radius 3 is 2.40 bits per heavy atom. The predicted octanol–water partition coefficient (Wildman–Crippen LogP) is 7.10. The summed E-state index contributed by atoms with van der Waals surface area (Å²) in [4.78, 5) is 16.7. The number of Topliss-reactive ketones (excluding diaryl/α,β-unsaturated/α-hetero) is 1. The highest BCUT2D eigenvalue weighted by molar-refractivity contribution is 5.85. The molecule has 0 aliphatic heterocycles. The summed E-state index contributed by atoms with van der Waals surface area (Å²) in [5.41, 5.74) is 2.21. The van der Waals surface area contributed by atoms with Gasteiger partial charge in [-0.25, -0.2) is 13.2 Å². The van der Waals surface area contributed by atoms with Crippen LogP contribution in [-0.2, 0) is 28.5 Å². The molecule has 0 saturated carbocycles. The van der Waals surface area contributed by atoms with Crippen molar-refractivity contribution in [2.45, 2.75) is 69.3 Å². The maximum absolute atomic E-state index is 16.1. The molecular formula is C32H27F6N5O2. The number of rotatable bonds is 5. The molecule has 0 radical (unpaired) electrons. The quantitative estimate of drug-likeness (QED) is 0.235. The molecule has 1 aliphatic rings. The Bertz CT molecular complexity index is 1810. The number of nitrogens with two attached hydrogens (primary N) is 1. The van der Waals surface area contributed by atoms with E-state index in [-0.39, 0.29) is 53.4 Å². The van der Waals surface area contributed by atoms with Gasteiger partial charge in [-0.15, -0.1) is 10.2 Å². The molecule has 2 aromatic heterocycles. The summed E-state index contributed by atoms with van der Waals surface area (Å²) >= 11 is 0. The van der Waals surface area contributed by atoms with Crippen LogP contribution in [0.15, 0.2) is 53.1 Å². The van der Waals surface area contributed by atoms with Gasteiger partial charge in [-0.2, -0.15) is 18.4 Å². The van der Waals surface area contributed by atoms with Crippen LogP contribution in [0.3, 0.4) is 0 Å². The molecule has 3 atom stereocenters. The van der Waals surface area contributed by atoms with Crippen LogP contribution in [0.4, 0.5) is 26.3 Å². The number of hydrogen-bond acceptors (Lipinski definition) is 7. The Balaban J connectivity index is 1.54. The van der Waals surface area contributed by atoms with Gasteiger partial charge in [0.25, 0.3) is 5.89 Å². The minimum atomic E-state index is -4.75. The Morgan fingerprint density at radius 1 is 1.09 bits per heavy atom. The smallest absolute Gasteiger partial charge is 0.417 e. The monoisotopic (exact) mass is 627 g/mol. The lowest BCUT2D eigenvalue weighted by molar-refractivity contribution is -0.138. The van der Waals surface area contributed by atoms with E-state index in [0.29, 0.717) is 23.4 Å². The number of alkyl halides is 4. The zero-order chi connectivity index (χ0) is 32.9. The highest BCUT2D eigenvalue weighted by atomic mass is 19.4. The molecule has 0 amide bonds. The standard InChI is InChI=1S/C32H27F6N5O2/c1-30(2,15-39)29-43-42-28(45-29)21-11-20-18(9-26(44)25(40)13-31(3,35)22(20)12-23(21)33)8-16-4-6-17(7-5-16)27-24(34)10-19(14-41-27)32(36,37)38/h4-7,10-12,14,18,25H,8-9,13,40H2,1-3H3/t18?,25-,31?/m1/s1. The molecule has 0 fully saturated rings. The van der Waals surface area contributed by atoms with Crippen LogP contribution < -0.4 is 5.73 Å². The third-order valence-corrected chi connectivity index (χ3v) is 7.95. The zero-order valence-corrected chi connectivity index (χ0v) is 24.3. The fourth-order valence-electron chi connectivity index (χ4n) is 5.39. The van der Waals surface area contributed by atoms with E-state index in [0.717, 1.165) is 6.07 Å². The lowest BCUT2D eigenvalue weighted by Gasteiger charge is -2.33. The molecule has 4 aromatic rings. The van der Waals surface area contributed by atoms with E-state index in [2.05, 4.69) is 15.2 Å². The van der Waals surface area contributed by atoms with E-state index in [4.69, 9.17) is 10.2 Å². The van der Waals surface area contributed by atoms with Crippen LogP contribution in [0, 0.1) is 23.0 Å². The molecule has 0 bridgehead atoms. The van der Waals surface area contributed by atoms with Crippen molar-refractivity contribution in [1.29, 1.82) is 5.26 Å². The first-order chi connectivity index (χ1) is 21.0. The molecule has 5 rings (SSSR count). The molecule has 7 nitrogen and oxygen atoms in total. The van der Waals surface area contributed by atoms with Crippen molar-refractivity contribution >= 4 is 5.78 Å². The molecule has 0 spiro atoms. The molecule has 2 N–H and O–H groups in total. The second-order valence-electron chi connectivity index (χ2n) is 11.9. The Kier molecular flexibility index (Phi) is 8.08. The summed E-state index contributed by atoms with van der Waals surface area (Å²) in [7, 11) is 0. The van der Waals surface area contributed by atoms with Crippen molar-refractivity contribution in [2.24, 2.45) is 5.73 Å². The average molecular weight is 628 g/mol. The molecule has 1 aliphatic carbocycles. The number of nitrogens with zero attached hydrogens (tertiary/aromatic N) is 4. The number of ketones is 1. The van der Waals surface area contributed by atoms with Gasteiger partial charge in [0.05, 0.1) is 23.2 Å². The number of carbonyl (C=O) groups is 1. The third kappa shape index (κ3) is 6.33. The highest BCUT2D eigenvalue weighted by Gasteiger charge is 2.40. The maximum Gasteiger partial charge on any atom is 0.417 e. The van der Waals surface area contributed by atoms with Gasteiger partial charge in [-0.05, 0) is 68.0 Å². The molecule has 0 saturated heterocycles. The predicted molar refractivity (Wildman–Crippen MR) is 150 cm³/mol. The van der Waals surface area contributed by atoms with Gasteiger partial charge in [0.15, 0.2) is 0 Å². The van der Waals surface area contributed by atoms with Gasteiger partial charge >= 0.3 is 6.18 Å². The van der Waals surface area contributed by atoms with Crippen molar-refractivity contribution in [2.75, 3.05) is 0 Å². The first-order valence-corrected chi connectivity index (χ1v) is 13.9. The van der Waals surface area contributed by atoms with Crippen molar-refractivity contribution in [3.63, 3.8) is 0 Å². The average Bonchev–Trinajstić information content (AvgIpc) is 3.47. The molecule has 45 heavy (non-hydrogen) atoms. The van der Waals surface area contributed by atoms with Gasteiger partial charge in [-0.3, -0.25) is 9.78 Å². The number of hydrogen-bond donors (Lipinski definition) is 1. The fraction of sp³-hybridized carbons (Fsp3) is 0.344. The van der Waals surface area contributed by atoms with Crippen LogP contribution in [0.25, 0.3) is 22.7 Å². The second-order valence-corrected chi connectivity index (χ2v) is 11.9. The second kappa shape index (κ2) is 11.4. The molecular weight excluding hydrogens is 600 g/mol. The first kappa shape index (κ1) is 31.8. The number of carbonyl (C=O) groups excluding carboxylic acids is 1. The lowest BCUT2D eigenvalue weighted by atomic mass is 9.75. The lowest BCUT2D eigenvalue weighted by Crippen LogP contribution is -2.40. The van der Waals surface area contributed by atoms with Crippen molar-refractivity contribution < 1.29 is 35.6 Å². The topological polar surface area (TPSA) is 119 Å². The van der Waals surface area contributed by atoms with Crippen molar-refractivity contribution in [1.82, 2.24) is 15.2 Å². The summed E-state index contributed by atoms with van der Waals surface area (Å²) in [5.74, 6) is -3.36. The molecule has 234 valence electrons. The van der Waals surface area contributed by atoms with E-state index in [1.807, 2.05) is 6.07 Å². The number of aromatic nitrogens is 3. The van der Waals surface area contributed by atoms with Gasteiger partial charge in [0.1, 0.15) is 34.2 Å². The van der Waals surface area contributed by atoms with E-state index in [1.165, 1.54) is 25.1 Å². The summed E-state index contributed by atoms with van der Waals surface area (Å²) in [6.45, 7) is 4.32. The molecule has 2 aromatic carbocycles. The van der Waals surface area contributed by atoms with Gasteiger partial charge in [-0.1, -0.05) is 24.3 Å². The van der Waals surface area contributed by atoms with E-state index >= 15 is 8.78 Å². The van der Waals surface area contributed by atoms with E-state index < -0.39 is 52.2 Å². The summed E-state index contributed by atoms with van der Waals surface area (Å²) in [5, 5.41) is 17.2. The Morgan fingerprint density at radius 2 is 1.78 bits per heavy atom. The normalized spacial score (nSPS) is 20.7.